The Morgan fingerprint density at radius 2 is 1.83 bits per heavy atom. The van der Waals surface area contributed by atoms with Crippen molar-refractivity contribution >= 4 is 11.9 Å². The van der Waals surface area contributed by atoms with E-state index in [4.69, 9.17) is 10.8 Å². The number of carbonyl (C=O) groups is 2. The van der Waals surface area contributed by atoms with Gasteiger partial charge in [0.1, 0.15) is 6.04 Å². The molecule has 3 rings (SSSR count). The van der Waals surface area contributed by atoms with Crippen LogP contribution in [0.5, 0.6) is 0 Å². The van der Waals surface area contributed by atoms with Gasteiger partial charge in [0.25, 0.3) is 0 Å². The van der Waals surface area contributed by atoms with Crippen LogP contribution in [-0.2, 0) is 9.59 Å². The van der Waals surface area contributed by atoms with Crippen molar-refractivity contribution in [1.82, 2.24) is 5.32 Å². The Morgan fingerprint density at radius 1 is 1.17 bits per heavy atom. The lowest BCUT2D eigenvalue weighted by atomic mass is 9.84. The summed E-state index contributed by atoms with van der Waals surface area (Å²) in [6, 6.07) is -0.777. The van der Waals surface area contributed by atoms with Gasteiger partial charge in [-0.3, -0.25) is 4.79 Å². The van der Waals surface area contributed by atoms with E-state index in [0.29, 0.717) is 11.8 Å². The fourth-order valence-corrected chi connectivity index (χ4v) is 3.79. The van der Waals surface area contributed by atoms with Crippen LogP contribution in [0.1, 0.15) is 32.1 Å². The minimum atomic E-state index is -0.914. The SMILES string of the molecule is NC1C2CCC(C2)C1C(=O)NC(C(=O)O)C1CC1. The number of carbonyl (C=O) groups excluding carboxylic acids is 1. The summed E-state index contributed by atoms with van der Waals surface area (Å²) in [5.41, 5.74) is 6.10. The van der Waals surface area contributed by atoms with E-state index in [0.717, 1.165) is 32.1 Å². The normalized spacial score (nSPS) is 39.6. The van der Waals surface area contributed by atoms with Gasteiger partial charge >= 0.3 is 5.97 Å². The molecule has 0 aliphatic heterocycles. The zero-order chi connectivity index (χ0) is 12.9. The maximum absolute atomic E-state index is 12.2. The first-order chi connectivity index (χ1) is 8.58. The molecule has 4 N–H and O–H groups in total. The van der Waals surface area contributed by atoms with Gasteiger partial charge in [-0.05, 0) is 49.9 Å². The smallest absolute Gasteiger partial charge is 0.326 e. The Morgan fingerprint density at radius 3 is 2.33 bits per heavy atom. The Labute approximate surface area is 106 Å². The number of nitrogens with two attached hydrogens (primary N) is 1. The van der Waals surface area contributed by atoms with E-state index in [-0.39, 0.29) is 23.8 Å². The van der Waals surface area contributed by atoms with Crippen molar-refractivity contribution in [2.24, 2.45) is 29.4 Å². The molecule has 0 aromatic heterocycles. The maximum Gasteiger partial charge on any atom is 0.326 e. The van der Waals surface area contributed by atoms with Gasteiger partial charge in [-0.15, -0.1) is 0 Å². The molecule has 3 aliphatic rings. The molecule has 0 radical (unpaired) electrons. The number of aliphatic carboxylic acids is 1. The second kappa shape index (κ2) is 4.23. The molecule has 5 heteroatoms. The number of carboxylic acids is 1. The van der Waals surface area contributed by atoms with Gasteiger partial charge in [0, 0.05) is 6.04 Å². The van der Waals surface area contributed by atoms with E-state index in [2.05, 4.69) is 5.32 Å². The fraction of sp³-hybridized carbons (Fsp3) is 0.846. The van der Waals surface area contributed by atoms with Gasteiger partial charge in [0.2, 0.25) is 5.91 Å². The zero-order valence-corrected chi connectivity index (χ0v) is 10.3. The van der Waals surface area contributed by atoms with E-state index in [9.17, 15) is 9.59 Å². The average molecular weight is 252 g/mol. The van der Waals surface area contributed by atoms with Crippen LogP contribution in [-0.4, -0.2) is 29.1 Å². The lowest BCUT2D eigenvalue weighted by Crippen LogP contribution is -2.50. The monoisotopic (exact) mass is 252 g/mol. The van der Waals surface area contributed by atoms with Gasteiger partial charge in [0.15, 0.2) is 0 Å². The first-order valence-corrected chi connectivity index (χ1v) is 6.86. The number of amides is 1. The summed E-state index contributed by atoms with van der Waals surface area (Å²) in [4.78, 5) is 23.4. The van der Waals surface area contributed by atoms with Crippen molar-refractivity contribution in [3.63, 3.8) is 0 Å². The lowest BCUT2D eigenvalue weighted by Gasteiger charge is -2.28. The third-order valence-electron chi connectivity index (χ3n) is 4.94. The molecule has 0 saturated heterocycles. The van der Waals surface area contributed by atoms with Crippen molar-refractivity contribution in [2.75, 3.05) is 0 Å². The molecule has 3 fully saturated rings. The molecule has 0 spiro atoms. The predicted octanol–water partition coefficient (Wildman–Crippen LogP) is 0.339. The van der Waals surface area contributed by atoms with Crippen LogP contribution < -0.4 is 11.1 Å². The molecule has 2 bridgehead atoms. The molecule has 0 aromatic carbocycles. The highest BCUT2D eigenvalue weighted by Gasteiger charge is 2.50. The second-order valence-electron chi connectivity index (χ2n) is 6.10. The summed E-state index contributed by atoms with van der Waals surface area (Å²) < 4.78 is 0. The van der Waals surface area contributed by atoms with E-state index < -0.39 is 12.0 Å². The number of carboxylic acid groups (broad SMARTS) is 1. The van der Waals surface area contributed by atoms with E-state index >= 15 is 0 Å². The molecule has 0 heterocycles. The minimum absolute atomic E-state index is 0.0719. The highest BCUT2D eigenvalue weighted by molar-refractivity contribution is 5.86. The summed E-state index contributed by atoms with van der Waals surface area (Å²) in [6.07, 6.45) is 5.04. The predicted molar refractivity (Wildman–Crippen MR) is 64.6 cm³/mol. The van der Waals surface area contributed by atoms with Crippen molar-refractivity contribution in [2.45, 2.75) is 44.2 Å². The molecule has 1 amide bonds. The molecule has 5 unspecified atom stereocenters. The van der Waals surface area contributed by atoms with Crippen LogP contribution >= 0.6 is 0 Å². The van der Waals surface area contributed by atoms with Gasteiger partial charge in [-0.25, -0.2) is 4.79 Å². The van der Waals surface area contributed by atoms with Gasteiger partial charge in [-0.2, -0.15) is 0 Å². The zero-order valence-electron chi connectivity index (χ0n) is 10.3. The van der Waals surface area contributed by atoms with Crippen LogP contribution in [0.3, 0.4) is 0 Å². The molecular weight excluding hydrogens is 232 g/mol. The van der Waals surface area contributed by atoms with Crippen molar-refractivity contribution in [1.29, 1.82) is 0 Å². The minimum Gasteiger partial charge on any atom is -0.480 e. The lowest BCUT2D eigenvalue weighted by molar-refractivity contribution is -0.143. The average Bonchev–Trinajstić information content (AvgIpc) is 2.96. The van der Waals surface area contributed by atoms with Crippen LogP contribution in [0, 0.1) is 23.7 Å². The Balaban J connectivity index is 1.65. The third-order valence-corrected chi connectivity index (χ3v) is 4.94. The van der Waals surface area contributed by atoms with Crippen LogP contribution in [0.2, 0.25) is 0 Å². The summed E-state index contributed by atoms with van der Waals surface area (Å²) in [6.45, 7) is 0. The highest BCUT2D eigenvalue weighted by atomic mass is 16.4. The molecule has 0 aromatic rings. The first-order valence-electron chi connectivity index (χ1n) is 6.86. The Kier molecular flexibility index (Phi) is 2.81. The summed E-state index contributed by atoms with van der Waals surface area (Å²) in [5.74, 6) is -0.240. The molecule has 3 aliphatic carbocycles. The van der Waals surface area contributed by atoms with E-state index in [1.165, 1.54) is 0 Å². The standard InChI is InChI=1S/C13H20N2O3/c14-10-8-4-3-7(5-8)9(10)12(16)15-11(13(17)18)6-1-2-6/h6-11H,1-5,14H2,(H,15,16)(H,17,18). The van der Waals surface area contributed by atoms with Crippen LogP contribution in [0.15, 0.2) is 0 Å². The second-order valence-corrected chi connectivity index (χ2v) is 6.10. The topological polar surface area (TPSA) is 92.4 Å². The van der Waals surface area contributed by atoms with Crippen molar-refractivity contribution in [3.05, 3.63) is 0 Å². The molecule has 100 valence electrons. The van der Waals surface area contributed by atoms with E-state index in [1.54, 1.807) is 0 Å². The van der Waals surface area contributed by atoms with Crippen molar-refractivity contribution in [3.8, 4) is 0 Å². The highest BCUT2D eigenvalue weighted by Crippen LogP contribution is 2.47. The number of hydrogen-bond donors (Lipinski definition) is 3. The summed E-state index contributed by atoms with van der Waals surface area (Å²) in [5, 5.41) is 11.8. The molecule has 5 atom stereocenters. The Bertz CT molecular complexity index is 378. The quantitative estimate of drug-likeness (QED) is 0.672. The Hall–Kier alpha value is -1.10. The van der Waals surface area contributed by atoms with Gasteiger partial charge in [-0.1, -0.05) is 0 Å². The van der Waals surface area contributed by atoms with Crippen LogP contribution in [0.4, 0.5) is 0 Å². The number of fused-ring (bicyclic) bond motifs is 2. The van der Waals surface area contributed by atoms with Crippen LogP contribution in [0.25, 0.3) is 0 Å². The molecular formula is C13H20N2O3. The largest absolute Gasteiger partial charge is 0.480 e. The molecule has 5 nitrogen and oxygen atoms in total. The number of rotatable bonds is 4. The number of nitrogens with one attached hydrogen (secondary N) is 1. The molecule has 3 saturated carbocycles. The van der Waals surface area contributed by atoms with Crippen molar-refractivity contribution < 1.29 is 14.7 Å². The molecule has 18 heavy (non-hydrogen) atoms. The first kappa shape index (κ1) is 12.0. The summed E-state index contributed by atoms with van der Waals surface area (Å²) >= 11 is 0. The maximum atomic E-state index is 12.2. The number of hydrogen-bond acceptors (Lipinski definition) is 3. The van der Waals surface area contributed by atoms with Gasteiger partial charge in [0.05, 0.1) is 5.92 Å². The third kappa shape index (κ3) is 1.90. The fourth-order valence-electron chi connectivity index (χ4n) is 3.79. The van der Waals surface area contributed by atoms with Gasteiger partial charge < -0.3 is 16.2 Å². The van der Waals surface area contributed by atoms with E-state index in [1.807, 2.05) is 0 Å². The summed E-state index contributed by atoms with van der Waals surface area (Å²) in [7, 11) is 0.